The number of ether oxygens (including phenoxy) is 1. The van der Waals surface area contributed by atoms with E-state index in [1.165, 1.54) is 55.6 Å². The van der Waals surface area contributed by atoms with Crippen molar-refractivity contribution >= 4 is 21.4 Å². The molecule has 29 heavy (non-hydrogen) atoms. The molecular weight excluding hydrogens is 401 g/mol. The molecule has 0 fully saturated rings. The van der Waals surface area contributed by atoms with E-state index in [0.717, 1.165) is 12.1 Å². The predicted molar refractivity (Wildman–Crippen MR) is 102 cm³/mol. The molecule has 0 bridgehead atoms. The van der Waals surface area contributed by atoms with E-state index < -0.39 is 38.7 Å². The maximum Gasteiger partial charge on any atom is 0.267 e. The molecule has 0 unspecified atom stereocenters. The van der Waals surface area contributed by atoms with Crippen molar-refractivity contribution in [2.75, 3.05) is 12.4 Å². The van der Waals surface area contributed by atoms with Crippen molar-refractivity contribution in [3.05, 3.63) is 76.8 Å². The van der Waals surface area contributed by atoms with Crippen LogP contribution >= 0.6 is 0 Å². The Hall–Kier alpha value is -3.53. The zero-order chi connectivity index (χ0) is 21.0. The molecule has 10 heteroatoms. The lowest BCUT2D eigenvalue weighted by molar-refractivity contribution is -0.117. The summed E-state index contributed by atoms with van der Waals surface area (Å²) in [5, 5.41) is 5.71. The van der Waals surface area contributed by atoms with Gasteiger partial charge >= 0.3 is 0 Å². The summed E-state index contributed by atoms with van der Waals surface area (Å²) >= 11 is 0. The van der Waals surface area contributed by atoms with Crippen molar-refractivity contribution in [1.29, 1.82) is 0 Å². The predicted octanol–water partition coefficient (Wildman–Crippen LogP) is 1.86. The molecule has 0 aliphatic rings. The van der Waals surface area contributed by atoms with Crippen LogP contribution in [0.15, 0.2) is 75.4 Å². The Morgan fingerprint density at radius 3 is 2.45 bits per heavy atom. The third-order valence-corrected chi connectivity index (χ3v) is 5.59. The topological polar surface area (TPSA) is 107 Å². The number of nitrogens with zero attached hydrogens (tertiary/aromatic N) is 2. The van der Waals surface area contributed by atoms with Crippen LogP contribution < -0.4 is 15.6 Å². The molecule has 0 spiro atoms. The molecule has 0 aliphatic heterocycles. The SMILES string of the molecule is COc1ccc(S(=O)(=O)c2ccc(=O)n(CC(=O)Nc3ccccc3F)n2)cc1. The Kier molecular flexibility index (Phi) is 5.74. The number of aromatic nitrogens is 2. The number of benzene rings is 2. The van der Waals surface area contributed by atoms with Crippen LogP contribution in [0.1, 0.15) is 0 Å². The molecule has 0 radical (unpaired) electrons. The average Bonchev–Trinajstić information content (AvgIpc) is 2.71. The van der Waals surface area contributed by atoms with E-state index in [9.17, 15) is 22.4 Å². The minimum atomic E-state index is -4.02. The highest BCUT2D eigenvalue weighted by atomic mass is 32.2. The van der Waals surface area contributed by atoms with E-state index in [1.54, 1.807) is 0 Å². The molecule has 8 nitrogen and oxygen atoms in total. The van der Waals surface area contributed by atoms with Crippen LogP contribution in [-0.2, 0) is 21.2 Å². The van der Waals surface area contributed by atoms with Gasteiger partial charge in [-0.3, -0.25) is 9.59 Å². The van der Waals surface area contributed by atoms with E-state index in [0.29, 0.717) is 10.4 Å². The molecule has 1 heterocycles. The van der Waals surface area contributed by atoms with Gasteiger partial charge in [-0.15, -0.1) is 0 Å². The fourth-order valence-electron chi connectivity index (χ4n) is 2.45. The summed E-state index contributed by atoms with van der Waals surface area (Å²) in [6.45, 7) is -0.584. The molecule has 3 aromatic rings. The quantitative estimate of drug-likeness (QED) is 0.656. The number of sulfone groups is 1. The number of anilines is 1. The van der Waals surface area contributed by atoms with E-state index in [2.05, 4.69) is 10.4 Å². The van der Waals surface area contributed by atoms with Gasteiger partial charge in [-0.2, -0.15) is 5.10 Å². The second-order valence-electron chi connectivity index (χ2n) is 5.87. The number of rotatable bonds is 6. The van der Waals surface area contributed by atoms with Gasteiger partial charge in [0, 0.05) is 6.07 Å². The second kappa shape index (κ2) is 8.23. The van der Waals surface area contributed by atoms with E-state index >= 15 is 0 Å². The zero-order valence-corrected chi connectivity index (χ0v) is 16.0. The van der Waals surface area contributed by atoms with Crippen LogP contribution in [0, 0.1) is 5.82 Å². The number of methoxy groups -OCH3 is 1. The van der Waals surface area contributed by atoms with Crippen LogP contribution in [0.5, 0.6) is 5.75 Å². The molecule has 0 saturated carbocycles. The van der Waals surface area contributed by atoms with Crippen LogP contribution in [0.25, 0.3) is 0 Å². The molecule has 3 rings (SSSR count). The third kappa shape index (κ3) is 4.49. The van der Waals surface area contributed by atoms with Crippen molar-refractivity contribution in [1.82, 2.24) is 9.78 Å². The van der Waals surface area contributed by atoms with E-state index in [-0.39, 0.29) is 10.6 Å². The Morgan fingerprint density at radius 1 is 1.10 bits per heavy atom. The van der Waals surface area contributed by atoms with Gasteiger partial charge in [0.25, 0.3) is 5.56 Å². The Bertz CT molecular complexity index is 1210. The summed E-state index contributed by atoms with van der Waals surface area (Å²) < 4.78 is 44.8. The van der Waals surface area contributed by atoms with Gasteiger partial charge in [-0.05, 0) is 42.5 Å². The van der Waals surface area contributed by atoms with Crippen molar-refractivity contribution in [2.24, 2.45) is 0 Å². The minimum Gasteiger partial charge on any atom is -0.497 e. The first-order valence-electron chi connectivity index (χ1n) is 8.33. The zero-order valence-electron chi connectivity index (χ0n) is 15.2. The van der Waals surface area contributed by atoms with E-state index in [1.807, 2.05) is 0 Å². The maximum atomic E-state index is 13.6. The standard InChI is InChI=1S/C19H16FN3O5S/c1-28-13-6-8-14(9-7-13)29(26,27)18-10-11-19(25)23(22-18)12-17(24)21-16-5-3-2-4-15(16)20/h2-11H,12H2,1H3,(H,21,24). The summed E-state index contributed by atoms with van der Waals surface area (Å²) in [6.07, 6.45) is 0. The highest BCUT2D eigenvalue weighted by Gasteiger charge is 2.21. The summed E-state index contributed by atoms with van der Waals surface area (Å²) in [6, 6.07) is 13.2. The Balaban J connectivity index is 1.86. The van der Waals surface area contributed by atoms with Gasteiger partial charge in [0.1, 0.15) is 18.1 Å². The summed E-state index contributed by atoms with van der Waals surface area (Å²) in [5.41, 5.74) is -0.741. The Labute approximate surface area is 165 Å². The molecule has 1 N–H and O–H groups in total. The largest absolute Gasteiger partial charge is 0.497 e. The maximum absolute atomic E-state index is 13.6. The van der Waals surface area contributed by atoms with Gasteiger partial charge < -0.3 is 10.1 Å². The Morgan fingerprint density at radius 2 is 1.79 bits per heavy atom. The van der Waals surface area contributed by atoms with Gasteiger partial charge in [0.2, 0.25) is 15.7 Å². The van der Waals surface area contributed by atoms with Crippen LogP contribution in [0.3, 0.4) is 0 Å². The summed E-state index contributed by atoms with van der Waals surface area (Å²) in [7, 11) is -2.57. The number of halogens is 1. The highest BCUT2D eigenvalue weighted by molar-refractivity contribution is 7.91. The monoisotopic (exact) mass is 417 g/mol. The number of hydrogen-bond acceptors (Lipinski definition) is 6. The average molecular weight is 417 g/mol. The number of carbonyl (C=O) groups is 1. The van der Waals surface area contributed by atoms with Crippen molar-refractivity contribution in [3.8, 4) is 5.75 Å². The lowest BCUT2D eigenvalue weighted by Gasteiger charge is -2.09. The molecule has 2 aromatic carbocycles. The minimum absolute atomic E-state index is 0.0493. The van der Waals surface area contributed by atoms with Gasteiger partial charge in [-0.1, -0.05) is 12.1 Å². The molecule has 1 aromatic heterocycles. The third-order valence-electron chi connectivity index (χ3n) is 3.93. The van der Waals surface area contributed by atoms with E-state index in [4.69, 9.17) is 4.74 Å². The fourth-order valence-corrected chi connectivity index (χ4v) is 3.64. The smallest absolute Gasteiger partial charge is 0.267 e. The van der Waals surface area contributed by atoms with Crippen molar-refractivity contribution in [3.63, 3.8) is 0 Å². The van der Waals surface area contributed by atoms with Gasteiger partial charge in [-0.25, -0.2) is 17.5 Å². The van der Waals surface area contributed by atoms with Crippen LogP contribution in [0.4, 0.5) is 10.1 Å². The number of para-hydroxylation sites is 1. The first kappa shape index (κ1) is 20.2. The molecular formula is C19H16FN3O5S. The first-order chi connectivity index (χ1) is 13.8. The van der Waals surface area contributed by atoms with Gasteiger partial charge in [0.15, 0.2) is 5.03 Å². The number of amides is 1. The molecule has 150 valence electrons. The van der Waals surface area contributed by atoms with Gasteiger partial charge in [0.05, 0.1) is 17.7 Å². The fraction of sp³-hybridized carbons (Fsp3) is 0.105. The first-order valence-corrected chi connectivity index (χ1v) is 9.81. The number of carbonyl (C=O) groups excluding carboxylic acids is 1. The normalized spacial score (nSPS) is 11.1. The highest BCUT2D eigenvalue weighted by Crippen LogP contribution is 2.21. The lowest BCUT2D eigenvalue weighted by Crippen LogP contribution is -2.30. The molecule has 0 atom stereocenters. The summed E-state index contributed by atoms with van der Waals surface area (Å²) in [4.78, 5) is 24.1. The van der Waals surface area contributed by atoms with Crippen molar-refractivity contribution in [2.45, 2.75) is 16.5 Å². The lowest BCUT2D eigenvalue weighted by atomic mass is 10.3. The number of hydrogen-bond donors (Lipinski definition) is 1. The van der Waals surface area contributed by atoms with Crippen LogP contribution in [0.2, 0.25) is 0 Å². The second-order valence-corrected chi connectivity index (χ2v) is 7.77. The number of nitrogens with one attached hydrogen (secondary N) is 1. The molecule has 1 amide bonds. The van der Waals surface area contributed by atoms with Crippen LogP contribution in [-0.4, -0.2) is 31.2 Å². The van der Waals surface area contributed by atoms with Crippen molar-refractivity contribution < 1.29 is 22.3 Å². The molecule has 0 aliphatic carbocycles. The molecule has 0 saturated heterocycles. The summed E-state index contributed by atoms with van der Waals surface area (Å²) in [5.74, 6) is -0.896.